The minimum absolute atomic E-state index is 0. The fourth-order valence-corrected chi connectivity index (χ4v) is 3.49. The topological polar surface area (TPSA) is 64.9 Å². The van der Waals surface area contributed by atoms with Crippen LogP contribution in [-0.4, -0.2) is 16.7 Å². The predicted molar refractivity (Wildman–Crippen MR) is 93.8 cm³/mol. The summed E-state index contributed by atoms with van der Waals surface area (Å²) in [5.41, 5.74) is 8.73. The Morgan fingerprint density at radius 3 is 2.61 bits per heavy atom. The second kappa shape index (κ2) is 7.93. The monoisotopic (exact) mass is 335 g/mol. The summed E-state index contributed by atoms with van der Waals surface area (Å²) in [6.45, 7) is 2.82. The molecule has 4 nitrogen and oxygen atoms in total. The summed E-state index contributed by atoms with van der Waals surface area (Å²) in [6.07, 6.45) is 7.76. The van der Waals surface area contributed by atoms with E-state index in [1.807, 2.05) is 0 Å². The molecule has 1 aromatic carbocycles. The van der Waals surface area contributed by atoms with Crippen molar-refractivity contribution < 1.29 is 4.52 Å². The molecule has 1 heterocycles. The summed E-state index contributed by atoms with van der Waals surface area (Å²) < 4.78 is 5.49. The molecule has 0 atom stereocenters. The first-order valence-electron chi connectivity index (χ1n) is 8.27. The van der Waals surface area contributed by atoms with E-state index in [1.54, 1.807) is 0 Å². The van der Waals surface area contributed by atoms with Crippen LogP contribution in [0.25, 0.3) is 0 Å². The molecule has 0 spiro atoms. The number of nitrogens with two attached hydrogens (primary N) is 1. The second-order valence-electron chi connectivity index (χ2n) is 6.65. The standard InChI is InChI=1S/C18H25N3O.ClH/c1-14-7-3-4-8-15(14)11-16-20-17(22-21-16)12-18(13-19)9-5-2-6-10-18;/h3-4,7-8H,2,5-6,9-13,19H2,1H3;1H. The van der Waals surface area contributed by atoms with Crippen molar-refractivity contribution in [3.63, 3.8) is 0 Å². The van der Waals surface area contributed by atoms with E-state index in [0.29, 0.717) is 6.54 Å². The second-order valence-corrected chi connectivity index (χ2v) is 6.65. The molecular weight excluding hydrogens is 310 g/mol. The van der Waals surface area contributed by atoms with E-state index in [1.165, 1.54) is 43.2 Å². The largest absolute Gasteiger partial charge is 0.339 e. The van der Waals surface area contributed by atoms with E-state index in [0.717, 1.165) is 24.6 Å². The van der Waals surface area contributed by atoms with Crippen LogP contribution in [0.5, 0.6) is 0 Å². The molecule has 1 fully saturated rings. The molecule has 5 heteroatoms. The van der Waals surface area contributed by atoms with Crippen molar-refractivity contribution in [3.8, 4) is 0 Å². The van der Waals surface area contributed by atoms with Crippen LogP contribution in [0.1, 0.15) is 54.9 Å². The van der Waals surface area contributed by atoms with Gasteiger partial charge in [0, 0.05) is 12.8 Å². The molecule has 3 rings (SSSR count). The highest BCUT2D eigenvalue weighted by atomic mass is 35.5. The van der Waals surface area contributed by atoms with Gasteiger partial charge in [0.2, 0.25) is 5.89 Å². The SMILES string of the molecule is Cc1ccccc1Cc1noc(CC2(CN)CCCCC2)n1.Cl. The van der Waals surface area contributed by atoms with Gasteiger partial charge < -0.3 is 10.3 Å². The number of benzene rings is 1. The summed E-state index contributed by atoms with van der Waals surface area (Å²) in [7, 11) is 0. The van der Waals surface area contributed by atoms with Crippen LogP contribution < -0.4 is 5.73 Å². The Kier molecular flexibility index (Phi) is 6.19. The van der Waals surface area contributed by atoms with Gasteiger partial charge in [-0.1, -0.05) is 48.7 Å². The lowest BCUT2D eigenvalue weighted by atomic mass is 9.72. The van der Waals surface area contributed by atoms with Crippen LogP contribution >= 0.6 is 12.4 Å². The van der Waals surface area contributed by atoms with E-state index in [9.17, 15) is 0 Å². The molecule has 0 saturated heterocycles. The van der Waals surface area contributed by atoms with Crippen molar-refractivity contribution in [1.82, 2.24) is 10.1 Å². The average molecular weight is 336 g/mol. The first kappa shape index (κ1) is 18.0. The zero-order chi connectivity index (χ0) is 15.4. The smallest absolute Gasteiger partial charge is 0.227 e. The molecule has 0 amide bonds. The first-order valence-corrected chi connectivity index (χ1v) is 8.27. The number of nitrogens with zero attached hydrogens (tertiary/aromatic N) is 2. The highest BCUT2D eigenvalue weighted by Crippen LogP contribution is 2.38. The van der Waals surface area contributed by atoms with Gasteiger partial charge in [-0.2, -0.15) is 4.98 Å². The Morgan fingerprint density at radius 2 is 1.91 bits per heavy atom. The van der Waals surface area contributed by atoms with Crippen molar-refractivity contribution in [2.75, 3.05) is 6.54 Å². The van der Waals surface area contributed by atoms with Gasteiger partial charge in [-0.25, -0.2) is 0 Å². The van der Waals surface area contributed by atoms with E-state index < -0.39 is 0 Å². The van der Waals surface area contributed by atoms with Gasteiger partial charge in [0.25, 0.3) is 0 Å². The maximum atomic E-state index is 6.05. The van der Waals surface area contributed by atoms with Gasteiger partial charge in [0.1, 0.15) is 0 Å². The van der Waals surface area contributed by atoms with Gasteiger partial charge in [-0.15, -0.1) is 12.4 Å². The van der Waals surface area contributed by atoms with Crippen molar-refractivity contribution in [3.05, 3.63) is 47.1 Å². The van der Waals surface area contributed by atoms with Gasteiger partial charge in [-0.05, 0) is 42.9 Å². The number of aryl methyl sites for hydroxylation is 1. The summed E-state index contributed by atoms with van der Waals surface area (Å²) in [5, 5.41) is 4.16. The number of rotatable bonds is 5. The molecule has 126 valence electrons. The number of hydrogen-bond donors (Lipinski definition) is 1. The number of aromatic nitrogens is 2. The van der Waals surface area contributed by atoms with Crippen molar-refractivity contribution >= 4 is 12.4 Å². The van der Waals surface area contributed by atoms with Gasteiger partial charge in [-0.3, -0.25) is 0 Å². The lowest BCUT2D eigenvalue weighted by Crippen LogP contribution is -2.35. The highest BCUT2D eigenvalue weighted by molar-refractivity contribution is 5.85. The van der Waals surface area contributed by atoms with Crippen LogP contribution in [0.3, 0.4) is 0 Å². The van der Waals surface area contributed by atoms with E-state index in [2.05, 4.69) is 41.3 Å². The van der Waals surface area contributed by atoms with Crippen LogP contribution in [0, 0.1) is 12.3 Å². The third kappa shape index (κ3) is 4.33. The molecule has 1 aliphatic carbocycles. The molecular formula is C18H26ClN3O. The summed E-state index contributed by atoms with van der Waals surface area (Å²) in [6, 6.07) is 8.33. The minimum atomic E-state index is 0. The fraction of sp³-hybridized carbons (Fsp3) is 0.556. The summed E-state index contributed by atoms with van der Waals surface area (Å²) >= 11 is 0. The highest BCUT2D eigenvalue weighted by Gasteiger charge is 2.32. The van der Waals surface area contributed by atoms with Crippen LogP contribution in [0.4, 0.5) is 0 Å². The van der Waals surface area contributed by atoms with Crippen LogP contribution in [-0.2, 0) is 12.8 Å². The molecule has 0 bridgehead atoms. The van der Waals surface area contributed by atoms with Crippen molar-refractivity contribution in [2.45, 2.75) is 51.9 Å². The van der Waals surface area contributed by atoms with Crippen molar-refractivity contribution in [1.29, 1.82) is 0 Å². The third-order valence-electron chi connectivity index (χ3n) is 4.99. The maximum Gasteiger partial charge on any atom is 0.227 e. The molecule has 2 N–H and O–H groups in total. The van der Waals surface area contributed by atoms with E-state index in [-0.39, 0.29) is 17.8 Å². The molecule has 0 aliphatic heterocycles. The Hall–Kier alpha value is -1.39. The average Bonchev–Trinajstić information content (AvgIpc) is 2.97. The molecule has 1 aliphatic rings. The van der Waals surface area contributed by atoms with Crippen molar-refractivity contribution in [2.24, 2.45) is 11.1 Å². The molecule has 2 aromatic rings. The quantitative estimate of drug-likeness (QED) is 0.901. The summed E-state index contributed by atoms with van der Waals surface area (Å²) in [4.78, 5) is 4.60. The summed E-state index contributed by atoms with van der Waals surface area (Å²) in [5.74, 6) is 1.52. The predicted octanol–water partition coefficient (Wildman–Crippen LogP) is 3.84. The number of halogens is 1. The Labute approximate surface area is 144 Å². The normalized spacial score (nSPS) is 16.8. The van der Waals surface area contributed by atoms with Gasteiger partial charge in [0.15, 0.2) is 5.82 Å². The Bertz CT molecular complexity index is 620. The number of hydrogen-bond acceptors (Lipinski definition) is 4. The van der Waals surface area contributed by atoms with Crippen LogP contribution in [0.15, 0.2) is 28.8 Å². The van der Waals surface area contributed by atoms with E-state index >= 15 is 0 Å². The maximum absolute atomic E-state index is 6.05. The lowest BCUT2D eigenvalue weighted by molar-refractivity contribution is 0.177. The molecule has 1 saturated carbocycles. The Balaban J connectivity index is 0.00000192. The fourth-order valence-electron chi connectivity index (χ4n) is 3.49. The zero-order valence-corrected chi connectivity index (χ0v) is 14.6. The molecule has 0 radical (unpaired) electrons. The third-order valence-corrected chi connectivity index (χ3v) is 4.99. The van der Waals surface area contributed by atoms with Crippen LogP contribution in [0.2, 0.25) is 0 Å². The van der Waals surface area contributed by atoms with Gasteiger partial charge in [0.05, 0.1) is 0 Å². The first-order chi connectivity index (χ1) is 10.7. The van der Waals surface area contributed by atoms with Gasteiger partial charge >= 0.3 is 0 Å². The lowest BCUT2D eigenvalue weighted by Gasteiger charge is -2.34. The zero-order valence-electron chi connectivity index (χ0n) is 13.8. The molecule has 23 heavy (non-hydrogen) atoms. The molecule has 0 unspecified atom stereocenters. The molecule has 1 aromatic heterocycles. The van der Waals surface area contributed by atoms with E-state index in [4.69, 9.17) is 10.3 Å². The minimum Gasteiger partial charge on any atom is -0.339 e. The Morgan fingerprint density at radius 1 is 1.17 bits per heavy atom.